The van der Waals surface area contributed by atoms with Crippen LogP contribution in [0.5, 0.6) is 0 Å². The Bertz CT molecular complexity index is 866. The molecular formula is C17H20N2O6S2. The van der Waals surface area contributed by atoms with E-state index in [1.165, 1.54) is 11.8 Å². The van der Waals surface area contributed by atoms with Crippen LogP contribution in [0.2, 0.25) is 0 Å². The number of carboxylic acid groups (broad SMARTS) is 1. The molecule has 2 atom stereocenters. The number of amidine groups is 1. The van der Waals surface area contributed by atoms with Gasteiger partial charge >= 0.3 is 5.97 Å². The van der Waals surface area contributed by atoms with E-state index in [0.29, 0.717) is 11.7 Å². The molecule has 1 N–H and O–H groups in total. The number of hydrogen-bond acceptors (Lipinski definition) is 6. The Kier molecular flexibility index (Phi) is 5.87. The molecular weight excluding hydrogens is 392 g/mol. The zero-order chi connectivity index (χ0) is 19.6. The van der Waals surface area contributed by atoms with Crippen LogP contribution in [-0.2, 0) is 30.7 Å². The first-order valence-electron chi connectivity index (χ1n) is 8.34. The summed E-state index contributed by atoms with van der Waals surface area (Å²) in [5, 5.41) is 8.86. The number of amides is 1. The van der Waals surface area contributed by atoms with Gasteiger partial charge < -0.3 is 14.7 Å². The van der Waals surface area contributed by atoms with E-state index in [1.54, 1.807) is 0 Å². The van der Waals surface area contributed by atoms with Crippen LogP contribution in [0.25, 0.3) is 0 Å². The van der Waals surface area contributed by atoms with Crippen molar-refractivity contribution in [3.8, 4) is 0 Å². The van der Waals surface area contributed by atoms with Crippen molar-refractivity contribution < 1.29 is 27.9 Å². The Morgan fingerprint density at radius 2 is 1.96 bits per heavy atom. The number of aliphatic carboxylic acids is 1. The predicted molar refractivity (Wildman–Crippen MR) is 101 cm³/mol. The van der Waals surface area contributed by atoms with E-state index < -0.39 is 34.9 Å². The van der Waals surface area contributed by atoms with Gasteiger partial charge in [0.1, 0.15) is 13.2 Å². The second-order valence-corrected chi connectivity index (χ2v) is 9.95. The Hall–Kier alpha value is -1.91. The summed E-state index contributed by atoms with van der Waals surface area (Å²) in [7, 11) is -3.11. The molecule has 8 nitrogen and oxygen atoms in total. The molecule has 27 heavy (non-hydrogen) atoms. The van der Waals surface area contributed by atoms with E-state index in [4.69, 9.17) is 9.84 Å². The van der Waals surface area contributed by atoms with E-state index in [-0.39, 0.29) is 22.8 Å². The number of sulfone groups is 1. The Labute approximate surface area is 161 Å². The van der Waals surface area contributed by atoms with Gasteiger partial charge in [-0.05, 0) is 12.5 Å². The number of hydrogen-bond donors (Lipinski definition) is 1. The topological polar surface area (TPSA) is 113 Å². The highest BCUT2D eigenvalue weighted by atomic mass is 32.2. The Morgan fingerprint density at radius 3 is 2.63 bits per heavy atom. The Balaban J connectivity index is 1.77. The molecule has 2 unspecified atom stereocenters. The zero-order valence-electron chi connectivity index (χ0n) is 14.7. The molecule has 3 rings (SSSR count). The van der Waals surface area contributed by atoms with Crippen LogP contribution in [0.15, 0.2) is 29.3 Å². The number of ether oxygens (including phenoxy) is 1. The number of rotatable bonds is 6. The van der Waals surface area contributed by atoms with E-state index >= 15 is 0 Å². The lowest BCUT2D eigenvalue weighted by Gasteiger charge is -2.24. The van der Waals surface area contributed by atoms with Crippen molar-refractivity contribution >= 4 is 38.6 Å². The smallest absolute Gasteiger partial charge is 0.329 e. The molecule has 10 heteroatoms. The van der Waals surface area contributed by atoms with Crippen molar-refractivity contribution in [3.63, 3.8) is 0 Å². The molecule has 2 fully saturated rings. The number of nitrogens with zero attached hydrogens (tertiary/aromatic N) is 2. The van der Waals surface area contributed by atoms with E-state index in [9.17, 15) is 18.0 Å². The molecule has 1 aromatic carbocycles. The maximum atomic E-state index is 12.0. The predicted octanol–water partition coefficient (Wildman–Crippen LogP) is 0.693. The van der Waals surface area contributed by atoms with Gasteiger partial charge in [0.05, 0.1) is 17.5 Å². The third-order valence-corrected chi connectivity index (χ3v) is 7.57. The molecule has 0 aliphatic carbocycles. The number of carbonyl (C=O) groups excluding carboxylic acids is 1. The van der Waals surface area contributed by atoms with Crippen LogP contribution >= 0.6 is 11.8 Å². The Morgan fingerprint density at radius 1 is 1.26 bits per heavy atom. The molecule has 0 radical (unpaired) electrons. The minimum absolute atomic E-state index is 0.0409. The van der Waals surface area contributed by atoms with E-state index in [2.05, 4.69) is 4.99 Å². The lowest BCUT2D eigenvalue weighted by atomic mass is 10.1. The van der Waals surface area contributed by atoms with Crippen molar-refractivity contribution in [1.82, 2.24) is 4.90 Å². The molecule has 2 saturated heterocycles. The fourth-order valence-corrected chi connectivity index (χ4v) is 7.04. The first-order valence-corrected chi connectivity index (χ1v) is 11.0. The molecule has 2 aliphatic heterocycles. The first kappa shape index (κ1) is 19.8. The lowest BCUT2D eigenvalue weighted by Crippen LogP contribution is -2.37. The summed E-state index contributed by atoms with van der Waals surface area (Å²) in [6.07, 6.45) is 0. The average molecular weight is 412 g/mol. The normalized spacial score (nSPS) is 24.9. The number of carbonyl (C=O) groups is 2. The van der Waals surface area contributed by atoms with Gasteiger partial charge in [0, 0.05) is 11.8 Å². The summed E-state index contributed by atoms with van der Waals surface area (Å²) in [4.78, 5) is 28.4. The molecule has 2 heterocycles. The van der Waals surface area contributed by atoms with Gasteiger partial charge in [-0.15, -0.1) is 0 Å². The number of carboxylic acids is 1. The van der Waals surface area contributed by atoms with Gasteiger partial charge in [-0.25, -0.2) is 13.2 Å². The quantitative estimate of drug-likeness (QED) is 0.726. The van der Waals surface area contributed by atoms with Gasteiger partial charge in [-0.1, -0.05) is 41.6 Å². The van der Waals surface area contributed by atoms with E-state index in [1.807, 2.05) is 36.1 Å². The third kappa shape index (κ3) is 5.08. The number of thioether (sulfide) groups is 1. The second kappa shape index (κ2) is 7.99. The summed E-state index contributed by atoms with van der Waals surface area (Å²) in [6, 6.07) is 7.65. The number of fused-ring (bicyclic) bond motifs is 1. The summed E-state index contributed by atoms with van der Waals surface area (Å²) >= 11 is 1.29. The zero-order valence-corrected chi connectivity index (χ0v) is 16.3. The summed E-state index contributed by atoms with van der Waals surface area (Å²) in [5.41, 5.74) is 2.11. The van der Waals surface area contributed by atoms with Gasteiger partial charge in [0.2, 0.25) is 0 Å². The summed E-state index contributed by atoms with van der Waals surface area (Å²) < 4.78 is 28.8. The molecule has 2 aliphatic rings. The SMILES string of the molecule is Cc1ccc(CN2C(=NC(=O)COCC(=O)O)SC3CS(=O)(=O)CC32)cc1. The molecule has 1 amide bonds. The van der Waals surface area contributed by atoms with Crippen LogP contribution in [0.1, 0.15) is 11.1 Å². The van der Waals surface area contributed by atoms with Gasteiger partial charge in [-0.2, -0.15) is 4.99 Å². The van der Waals surface area contributed by atoms with Crippen molar-refractivity contribution in [3.05, 3.63) is 35.4 Å². The fourth-order valence-electron chi connectivity index (χ4n) is 3.08. The number of aryl methyl sites for hydroxylation is 1. The van der Waals surface area contributed by atoms with Crippen molar-refractivity contribution in [2.45, 2.75) is 24.8 Å². The van der Waals surface area contributed by atoms with Crippen LogP contribution in [0.3, 0.4) is 0 Å². The number of aliphatic imine (C=N–C) groups is 1. The highest BCUT2D eigenvalue weighted by Crippen LogP contribution is 2.39. The summed E-state index contributed by atoms with van der Waals surface area (Å²) in [6.45, 7) is 1.44. The fraction of sp³-hybridized carbons (Fsp3) is 0.471. The largest absolute Gasteiger partial charge is 0.480 e. The first-order chi connectivity index (χ1) is 12.7. The van der Waals surface area contributed by atoms with Gasteiger partial charge in [-0.3, -0.25) is 4.79 Å². The molecule has 0 spiro atoms. The van der Waals surface area contributed by atoms with E-state index in [0.717, 1.165) is 11.1 Å². The van der Waals surface area contributed by atoms with Crippen LogP contribution in [-0.4, -0.2) is 71.5 Å². The van der Waals surface area contributed by atoms with Crippen LogP contribution in [0, 0.1) is 6.92 Å². The maximum Gasteiger partial charge on any atom is 0.329 e. The third-order valence-electron chi connectivity index (χ3n) is 4.32. The highest BCUT2D eigenvalue weighted by molar-refractivity contribution is 8.15. The average Bonchev–Trinajstić information content (AvgIpc) is 3.02. The van der Waals surface area contributed by atoms with Gasteiger partial charge in [0.15, 0.2) is 15.0 Å². The maximum absolute atomic E-state index is 12.0. The molecule has 0 saturated carbocycles. The minimum atomic E-state index is -3.11. The van der Waals surface area contributed by atoms with Gasteiger partial charge in [0.25, 0.3) is 5.91 Å². The molecule has 0 bridgehead atoms. The second-order valence-electron chi connectivity index (χ2n) is 6.59. The van der Waals surface area contributed by atoms with Crippen molar-refractivity contribution in [1.29, 1.82) is 0 Å². The van der Waals surface area contributed by atoms with Crippen molar-refractivity contribution in [2.24, 2.45) is 4.99 Å². The highest BCUT2D eigenvalue weighted by Gasteiger charge is 2.48. The molecule has 1 aromatic rings. The molecule has 0 aromatic heterocycles. The van der Waals surface area contributed by atoms with Crippen LogP contribution < -0.4 is 0 Å². The molecule has 146 valence electrons. The standard InChI is InChI=1S/C17H20N2O6S2/c1-11-2-4-12(5-3-11)6-19-13-9-27(23,24)10-14(13)26-17(19)18-15(20)7-25-8-16(21)22/h2-5,13-14H,6-10H2,1H3,(H,21,22). The summed E-state index contributed by atoms with van der Waals surface area (Å²) in [5.74, 6) is -1.64. The van der Waals surface area contributed by atoms with Crippen molar-refractivity contribution in [2.75, 3.05) is 24.7 Å². The lowest BCUT2D eigenvalue weighted by molar-refractivity contribution is -0.143. The number of benzene rings is 1. The van der Waals surface area contributed by atoms with Crippen LogP contribution in [0.4, 0.5) is 0 Å². The minimum Gasteiger partial charge on any atom is -0.480 e. The monoisotopic (exact) mass is 412 g/mol.